The summed E-state index contributed by atoms with van der Waals surface area (Å²) in [5.41, 5.74) is 0.457. The first-order valence-electron chi connectivity index (χ1n) is 5.85. The van der Waals surface area contributed by atoms with E-state index in [1.807, 2.05) is 13.8 Å². The Hall–Kier alpha value is -1.98. The minimum Gasteiger partial charge on any atom is -0.323 e. The van der Waals surface area contributed by atoms with Gasteiger partial charge < -0.3 is 9.88 Å². The zero-order chi connectivity index (χ0) is 14.2. The van der Waals surface area contributed by atoms with E-state index >= 15 is 0 Å². The molecular formula is C13H14F3N3. The molecule has 102 valence electrons. The normalized spacial score (nSPS) is 11.1. The summed E-state index contributed by atoms with van der Waals surface area (Å²) in [7, 11) is 0. The summed E-state index contributed by atoms with van der Waals surface area (Å²) in [6.45, 7) is 5.64. The summed E-state index contributed by atoms with van der Waals surface area (Å²) in [4.78, 5) is 4.17. The van der Waals surface area contributed by atoms with Crippen molar-refractivity contribution in [3.8, 4) is 0 Å². The maximum atomic E-state index is 13.6. The Morgan fingerprint density at radius 1 is 1.21 bits per heavy atom. The van der Waals surface area contributed by atoms with Gasteiger partial charge in [0.25, 0.3) is 0 Å². The number of hydrogen-bond acceptors (Lipinski definition) is 2. The molecule has 2 aromatic rings. The van der Waals surface area contributed by atoms with Gasteiger partial charge in [0, 0.05) is 24.4 Å². The molecule has 3 nitrogen and oxygen atoms in total. The third-order valence-corrected chi connectivity index (χ3v) is 2.65. The van der Waals surface area contributed by atoms with Gasteiger partial charge in [0.15, 0.2) is 11.6 Å². The fourth-order valence-electron chi connectivity index (χ4n) is 1.77. The zero-order valence-corrected chi connectivity index (χ0v) is 10.8. The SMILES string of the molecule is Cc1cn(C(C)C)c(Nc2cc(F)cc(F)c2F)n1. The lowest BCUT2D eigenvalue weighted by molar-refractivity contribution is 0.498. The van der Waals surface area contributed by atoms with Gasteiger partial charge in [-0.05, 0) is 20.8 Å². The molecule has 2 rings (SSSR count). The third-order valence-electron chi connectivity index (χ3n) is 2.65. The van der Waals surface area contributed by atoms with E-state index < -0.39 is 17.5 Å². The van der Waals surface area contributed by atoms with Gasteiger partial charge in [-0.2, -0.15) is 0 Å². The van der Waals surface area contributed by atoms with Crippen LogP contribution in [0, 0.1) is 24.4 Å². The zero-order valence-electron chi connectivity index (χ0n) is 10.8. The predicted octanol–water partition coefficient (Wildman–Crippen LogP) is 3.93. The summed E-state index contributed by atoms with van der Waals surface area (Å²) < 4.78 is 41.6. The number of anilines is 2. The molecule has 1 aromatic carbocycles. The summed E-state index contributed by atoms with van der Waals surface area (Å²) in [5.74, 6) is -2.86. The Labute approximate surface area is 109 Å². The topological polar surface area (TPSA) is 29.9 Å². The van der Waals surface area contributed by atoms with Crippen LogP contribution >= 0.6 is 0 Å². The largest absolute Gasteiger partial charge is 0.323 e. The molecule has 0 saturated heterocycles. The van der Waals surface area contributed by atoms with Gasteiger partial charge in [-0.15, -0.1) is 0 Å². The van der Waals surface area contributed by atoms with Crippen molar-refractivity contribution in [2.24, 2.45) is 0 Å². The number of nitrogens with zero attached hydrogens (tertiary/aromatic N) is 2. The molecule has 0 unspecified atom stereocenters. The Balaban J connectivity index is 2.41. The molecule has 0 spiro atoms. The molecule has 0 radical (unpaired) electrons. The van der Waals surface area contributed by atoms with Crippen molar-refractivity contribution in [2.45, 2.75) is 26.8 Å². The number of halogens is 3. The van der Waals surface area contributed by atoms with Crippen LogP contribution in [0.1, 0.15) is 25.6 Å². The molecule has 0 aliphatic carbocycles. The van der Waals surface area contributed by atoms with E-state index in [-0.39, 0.29) is 11.7 Å². The number of aromatic nitrogens is 2. The van der Waals surface area contributed by atoms with Crippen LogP contribution in [0.5, 0.6) is 0 Å². The second-order valence-electron chi connectivity index (χ2n) is 4.58. The van der Waals surface area contributed by atoms with Crippen LogP contribution in [0.2, 0.25) is 0 Å². The van der Waals surface area contributed by atoms with Crippen LogP contribution in [-0.2, 0) is 0 Å². The second kappa shape index (κ2) is 4.95. The van der Waals surface area contributed by atoms with Crippen LogP contribution in [0.3, 0.4) is 0 Å². The van der Waals surface area contributed by atoms with Gasteiger partial charge in [0.2, 0.25) is 5.95 Å². The lowest BCUT2D eigenvalue weighted by Gasteiger charge is -2.13. The minimum atomic E-state index is -1.23. The first-order valence-corrected chi connectivity index (χ1v) is 5.85. The number of imidazole rings is 1. The summed E-state index contributed by atoms with van der Waals surface area (Å²) in [5, 5.41) is 2.62. The fourth-order valence-corrected chi connectivity index (χ4v) is 1.77. The highest BCUT2D eigenvalue weighted by atomic mass is 19.2. The van der Waals surface area contributed by atoms with E-state index in [1.54, 1.807) is 17.7 Å². The number of rotatable bonds is 3. The van der Waals surface area contributed by atoms with Crippen molar-refractivity contribution in [3.05, 3.63) is 41.5 Å². The van der Waals surface area contributed by atoms with Crippen molar-refractivity contribution < 1.29 is 13.2 Å². The first-order chi connectivity index (χ1) is 8.88. The van der Waals surface area contributed by atoms with Crippen LogP contribution in [0.15, 0.2) is 18.3 Å². The molecule has 0 bridgehead atoms. The Kier molecular flexibility index (Phi) is 3.50. The fraction of sp³-hybridized carbons (Fsp3) is 0.308. The average molecular weight is 269 g/mol. The maximum absolute atomic E-state index is 13.6. The molecule has 0 atom stereocenters. The van der Waals surface area contributed by atoms with E-state index in [1.165, 1.54) is 0 Å². The van der Waals surface area contributed by atoms with Crippen LogP contribution in [-0.4, -0.2) is 9.55 Å². The Morgan fingerprint density at radius 2 is 1.89 bits per heavy atom. The molecule has 0 fully saturated rings. The number of hydrogen-bond donors (Lipinski definition) is 1. The quantitative estimate of drug-likeness (QED) is 0.855. The van der Waals surface area contributed by atoms with E-state index in [2.05, 4.69) is 10.3 Å². The van der Waals surface area contributed by atoms with Gasteiger partial charge in [0.1, 0.15) is 5.82 Å². The second-order valence-corrected chi connectivity index (χ2v) is 4.58. The van der Waals surface area contributed by atoms with Crippen LogP contribution in [0.25, 0.3) is 0 Å². The van der Waals surface area contributed by atoms with E-state index in [4.69, 9.17) is 0 Å². The van der Waals surface area contributed by atoms with Gasteiger partial charge in [0.05, 0.1) is 11.4 Å². The van der Waals surface area contributed by atoms with Crippen molar-refractivity contribution in [3.63, 3.8) is 0 Å². The Bertz CT molecular complexity index is 605. The lowest BCUT2D eigenvalue weighted by atomic mass is 10.3. The van der Waals surface area contributed by atoms with Gasteiger partial charge in [-0.1, -0.05) is 0 Å². The van der Waals surface area contributed by atoms with E-state index in [9.17, 15) is 13.2 Å². The highest BCUT2D eigenvalue weighted by molar-refractivity contribution is 5.55. The molecular weight excluding hydrogens is 255 g/mol. The van der Waals surface area contributed by atoms with Crippen LogP contribution in [0.4, 0.5) is 24.8 Å². The van der Waals surface area contributed by atoms with Crippen molar-refractivity contribution in [1.82, 2.24) is 9.55 Å². The summed E-state index contributed by atoms with van der Waals surface area (Å²) >= 11 is 0. The molecule has 0 aliphatic heterocycles. The van der Waals surface area contributed by atoms with Gasteiger partial charge >= 0.3 is 0 Å². The molecule has 1 aromatic heterocycles. The number of nitrogens with one attached hydrogen (secondary N) is 1. The smallest absolute Gasteiger partial charge is 0.207 e. The molecule has 0 saturated carbocycles. The summed E-state index contributed by atoms with van der Waals surface area (Å²) in [6.07, 6.45) is 1.78. The predicted molar refractivity (Wildman–Crippen MR) is 66.9 cm³/mol. The molecule has 1 N–H and O–H groups in total. The molecule has 6 heteroatoms. The van der Waals surface area contributed by atoms with Gasteiger partial charge in [-0.3, -0.25) is 0 Å². The first kappa shape index (κ1) is 13.5. The van der Waals surface area contributed by atoms with E-state index in [0.717, 1.165) is 11.8 Å². The summed E-state index contributed by atoms with van der Waals surface area (Å²) in [6, 6.07) is 1.48. The average Bonchev–Trinajstić information content (AvgIpc) is 2.66. The number of aryl methyl sites for hydroxylation is 1. The highest BCUT2D eigenvalue weighted by Gasteiger charge is 2.14. The van der Waals surface area contributed by atoms with Crippen molar-refractivity contribution in [2.75, 3.05) is 5.32 Å². The van der Waals surface area contributed by atoms with E-state index in [0.29, 0.717) is 12.0 Å². The molecule has 0 amide bonds. The van der Waals surface area contributed by atoms with Crippen LogP contribution < -0.4 is 5.32 Å². The third kappa shape index (κ3) is 2.72. The highest BCUT2D eigenvalue weighted by Crippen LogP contribution is 2.24. The molecule has 1 heterocycles. The minimum absolute atomic E-state index is 0.0881. The Morgan fingerprint density at radius 3 is 2.53 bits per heavy atom. The maximum Gasteiger partial charge on any atom is 0.207 e. The van der Waals surface area contributed by atoms with Crippen molar-refractivity contribution >= 4 is 11.6 Å². The molecule has 19 heavy (non-hydrogen) atoms. The van der Waals surface area contributed by atoms with Gasteiger partial charge in [-0.25, -0.2) is 18.2 Å². The monoisotopic (exact) mass is 269 g/mol. The lowest BCUT2D eigenvalue weighted by Crippen LogP contribution is -2.07. The van der Waals surface area contributed by atoms with Crippen molar-refractivity contribution in [1.29, 1.82) is 0 Å². The number of benzene rings is 1. The molecule has 0 aliphatic rings. The standard InChI is InChI=1S/C13H14F3N3/c1-7(2)19-6-8(3)17-13(19)18-11-5-9(14)4-10(15)12(11)16/h4-7H,1-3H3,(H,17,18).